The molecule has 0 radical (unpaired) electrons. The number of nitrogens with zero attached hydrogens (tertiary/aromatic N) is 3. The first-order valence-corrected chi connectivity index (χ1v) is 6.16. The van der Waals surface area contributed by atoms with E-state index in [1.807, 2.05) is 19.9 Å². The van der Waals surface area contributed by atoms with Crippen LogP contribution >= 0.6 is 22.7 Å². The molecule has 6 heteroatoms. The van der Waals surface area contributed by atoms with Crippen molar-refractivity contribution in [2.24, 2.45) is 0 Å². The van der Waals surface area contributed by atoms with E-state index in [4.69, 9.17) is 0 Å². The van der Waals surface area contributed by atoms with Crippen molar-refractivity contribution in [2.45, 2.75) is 13.8 Å². The van der Waals surface area contributed by atoms with Gasteiger partial charge in [0.15, 0.2) is 5.13 Å². The molecule has 4 nitrogen and oxygen atoms in total. The molecule has 0 aromatic carbocycles. The Morgan fingerprint density at radius 1 is 1.27 bits per heavy atom. The molecule has 2 aromatic heterocycles. The summed E-state index contributed by atoms with van der Waals surface area (Å²) < 4.78 is 1.17. The lowest BCUT2D eigenvalue weighted by molar-refractivity contribution is 1.09. The first kappa shape index (κ1) is 10.3. The van der Waals surface area contributed by atoms with Gasteiger partial charge >= 0.3 is 0 Å². The van der Waals surface area contributed by atoms with Gasteiger partial charge in [-0.05, 0) is 13.8 Å². The van der Waals surface area contributed by atoms with E-state index in [-0.39, 0.29) is 0 Å². The second-order valence-electron chi connectivity index (χ2n) is 2.71. The lowest BCUT2D eigenvalue weighted by atomic mass is 10.5. The van der Waals surface area contributed by atoms with Gasteiger partial charge in [-0.25, -0.2) is 4.98 Å². The lowest BCUT2D eigenvalue weighted by Crippen LogP contribution is -2.19. The van der Waals surface area contributed by atoms with E-state index < -0.39 is 0 Å². The van der Waals surface area contributed by atoms with E-state index in [1.165, 1.54) is 15.9 Å². The molecule has 0 saturated carbocycles. The Morgan fingerprint density at radius 3 is 2.67 bits per heavy atom. The molecule has 1 N–H and O–H groups in total. The first-order chi connectivity index (χ1) is 7.33. The minimum Gasteiger partial charge on any atom is -0.306 e. The monoisotopic (exact) mass is 238 g/mol. The lowest BCUT2D eigenvalue weighted by Gasteiger charge is -1.92. The zero-order valence-electron chi connectivity index (χ0n) is 8.39. The molecule has 0 unspecified atom stereocenters. The highest BCUT2D eigenvalue weighted by Gasteiger charge is 2.01. The van der Waals surface area contributed by atoms with Gasteiger partial charge < -0.3 is 5.32 Å². The van der Waals surface area contributed by atoms with Crippen LogP contribution in [0.3, 0.4) is 0 Å². The van der Waals surface area contributed by atoms with Crippen LogP contribution in [0.4, 0.5) is 10.3 Å². The van der Waals surface area contributed by atoms with E-state index in [0.29, 0.717) is 0 Å². The van der Waals surface area contributed by atoms with Gasteiger partial charge in [-0.1, -0.05) is 34.8 Å². The second kappa shape index (κ2) is 4.50. The first-order valence-electron chi connectivity index (χ1n) is 4.46. The van der Waals surface area contributed by atoms with Crippen LogP contribution in [-0.4, -0.2) is 15.2 Å². The molecular formula is C9H10N4S2. The quantitative estimate of drug-likeness (QED) is 0.858. The summed E-state index contributed by atoms with van der Waals surface area (Å²) in [6.45, 7) is 3.99. The second-order valence-corrected chi connectivity index (χ2v) is 4.58. The summed E-state index contributed by atoms with van der Waals surface area (Å²) >= 11 is 3.07. The SMILES string of the molecule is CC=c1nc(Nc2nncs2)sc1=CC. The Morgan fingerprint density at radius 2 is 2.13 bits per heavy atom. The van der Waals surface area contributed by atoms with Crippen molar-refractivity contribution in [3.63, 3.8) is 0 Å². The van der Waals surface area contributed by atoms with Gasteiger partial charge in [-0.3, -0.25) is 0 Å². The van der Waals surface area contributed by atoms with Crippen LogP contribution in [0, 0.1) is 0 Å². The maximum Gasteiger partial charge on any atom is 0.211 e. The summed E-state index contributed by atoms with van der Waals surface area (Å²) in [7, 11) is 0. The van der Waals surface area contributed by atoms with Crippen LogP contribution in [-0.2, 0) is 0 Å². The van der Waals surface area contributed by atoms with Crippen molar-refractivity contribution in [2.75, 3.05) is 5.32 Å². The molecule has 2 rings (SSSR count). The summed E-state index contributed by atoms with van der Waals surface area (Å²) in [6, 6.07) is 0. The molecule has 78 valence electrons. The molecule has 0 atom stereocenters. The summed E-state index contributed by atoms with van der Waals surface area (Å²) in [5.74, 6) is 0. The van der Waals surface area contributed by atoms with Crippen molar-refractivity contribution in [3.8, 4) is 0 Å². The smallest absolute Gasteiger partial charge is 0.211 e. The van der Waals surface area contributed by atoms with Crippen LogP contribution in [0.1, 0.15) is 13.8 Å². The molecule has 0 spiro atoms. The van der Waals surface area contributed by atoms with Crippen LogP contribution in [0.25, 0.3) is 12.2 Å². The Labute approximate surface area is 95.0 Å². The third-order valence-corrected chi connectivity index (χ3v) is 3.45. The van der Waals surface area contributed by atoms with Crippen molar-refractivity contribution in [1.29, 1.82) is 0 Å². The van der Waals surface area contributed by atoms with E-state index in [9.17, 15) is 0 Å². The molecule has 0 saturated heterocycles. The number of nitrogens with one attached hydrogen (secondary N) is 1. The zero-order chi connectivity index (χ0) is 10.7. The average molecular weight is 238 g/mol. The Hall–Kier alpha value is -1.27. The number of thiazole rings is 1. The summed E-state index contributed by atoms with van der Waals surface area (Å²) in [5, 5.41) is 13.4. The zero-order valence-corrected chi connectivity index (χ0v) is 10.0. The van der Waals surface area contributed by atoms with Gasteiger partial charge in [0.05, 0.1) is 9.88 Å². The molecule has 0 aliphatic carbocycles. The Bertz CT molecular complexity index is 510. The minimum absolute atomic E-state index is 0.772. The van der Waals surface area contributed by atoms with Gasteiger partial charge in [-0.15, -0.1) is 10.2 Å². The van der Waals surface area contributed by atoms with Gasteiger partial charge in [0.1, 0.15) is 5.51 Å². The fourth-order valence-electron chi connectivity index (χ4n) is 1.13. The highest BCUT2D eigenvalue weighted by atomic mass is 32.1. The number of rotatable bonds is 2. The molecule has 0 bridgehead atoms. The fourth-order valence-corrected chi connectivity index (χ4v) is 2.52. The Balaban J connectivity index is 2.36. The number of hydrogen-bond donors (Lipinski definition) is 1. The number of aromatic nitrogens is 3. The van der Waals surface area contributed by atoms with Crippen molar-refractivity contribution >= 4 is 45.1 Å². The predicted molar refractivity (Wildman–Crippen MR) is 64.8 cm³/mol. The normalized spacial score (nSPS) is 13.5. The average Bonchev–Trinajstić information content (AvgIpc) is 2.87. The maximum absolute atomic E-state index is 4.43. The third kappa shape index (κ3) is 2.21. The maximum atomic E-state index is 4.43. The van der Waals surface area contributed by atoms with Crippen molar-refractivity contribution in [1.82, 2.24) is 15.2 Å². The summed E-state index contributed by atoms with van der Waals surface area (Å²) in [5.41, 5.74) is 1.69. The summed E-state index contributed by atoms with van der Waals surface area (Å²) in [4.78, 5) is 4.43. The topological polar surface area (TPSA) is 50.7 Å². The standard InChI is InChI=1S/C9H10N4S2/c1-3-6-7(4-2)15-8(11-6)12-9-13-10-5-14-9/h3-5H,1-2H3,(H,11,12,13). The molecule has 2 heterocycles. The molecule has 0 fully saturated rings. The molecule has 0 amide bonds. The number of anilines is 2. The molecule has 0 aliphatic heterocycles. The van der Waals surface area contributed by atoms with Crippen LogP contribution in [0.5, 0.6) is 0 Å². The van der Waals surface area contributed by atoms with E-state index in [0.717, 1.165) is 15.6 Å². The summed E-state index contributed by atoms with van der Waals surface area (Å²) in [6.07, 6.45) is 4.05. The van der Waals surface area contributed by atoms with E-state index in [1.54, 1.807) is 16.8 Å². The third-order valence-electron chi connectivity index (χ3n) is 1.79. The molecular weight excluding hydrogens is 228 g/mol. The number of hydrogen-bond acceptors (Lipinski definition) is 6. The van der Waals surface area contributed by atoms with Crippen molar-refractivity contribution in [3.05, 3.63) is 15.4 Å². The van der Waals surface area contributed by atoms with Crippen LogP contribution in [0.15, 0.2) is 5.51 Å². The largest absolute Gasteiger partial charge is 0.306 e. The van der Waals surface area contributed by atoms with Crippen LogP contribution in [0.2, 0.25) is 0 Å². The highest BCUT2D eigenvalue weighted by molar-refractivity contribution is 7.15. The molecule has 0 aliphatic rings. The van der Waals surface area contributed by atoms with E-state index >= 15 is 0 Å². The van der Waals surface area contributed by atoms with Gasteiger partial charge in [-0.2, -0.15) is 0 Å². The predicted octanol–water partition coefficient (Wildman–Crippen LogP) is 1.34. The molecule has 15 heavy (non-hydrogen) atoms. The Kier molecular flexibility index (Phi) is 3.08. The van der Waals surface area contributed by atoms with Gasteiger partial charge in [0.2, 0.25) is 5.13 Å². The minimum atomic E-state index is 0.772. The van der Waals surface area contributed by atoms with Crippen LogP contribution < -0.4 is 15.2 Å². The fraction of sp³-hybridized carbons (Fsp3) is 0.222. The molecule has 2 aromatic rings. The van der Waals surface area contributed by atoms with Gasteiger partial charge in [0.25, 0.3) is 0 Å². The van der Waals surface area contributed by atoms with Crippen molar-refractivity contribution < 1.29 is 0 Å². The highest BCUT2D eigenvalue weighted by Crippen LogP contribution is 2.15. The van der Waals surface area contributed by atoms with E-state index in [2.05, 4.69) is 26.6 Å². The van der Waals surface area contributed by atoms with Gasteiger partial charge in [0, 0.05) is 0 Å².